The van der Waals surface area contributed by atoms with Crippen LogP contribution in [0.1, 0.15) is 0 Å². The van der Waals surface area contributed by atoms with E-state index in [0.717, 1.165) is 0 Å². The molecule has 0 aromatic rings. The first-order valence-corrected chi connectivity index (χ1v) is 2.92. The lowest BCUT2D eigenvalue weighted by Gasteiger charge is -1.87. The van der Waals surface area contributed by atoms with E-state index in [9.17, 15) is 0 Å². The largest absolute Gasteiger partial charge is 0.349 e. The van der Waals surface area contributed by atoms with Gasteiger partial charge in [-0.1, -0.05) is 11.2 Å². The van der Waals surface area contributed by atoms with Crippen LogP contribution in [0.4, 0.5) is 0 Å². The van der Waals surface area contributed by atoms with E-state index >= 15 is 0 Å². The first-order chi connectivity index (χ1) is 3.89. The van der Waals surface area contributed by atoms with Crippen LogP contribution in [0.15, 0.2) is 28.1 Å². The highest BCUT2D eigenvalue weighted by atomic mass is 79.9. The Hall–Kier alpha value is -0.570. The van der Waals surface area contributed by atoms with Crippen LogP contribution >= 0.6 is 15.9 Å². The number of oxime groups is 1. The van der Waals surface area contributed by atoms with Gasteiger partial charge in [-0.15, -0.1) is 0 Å². The molecule has 42 valence electrons. The molecule has 0 spiro atoms. The van der Waals surface area contributed by atoms with Gasteiger partial charge in [-0.2, -0.15) is 0 Å². The minimum atomic E-state index is 0.627. The van der Waals surface area contributed by atoms with E-state index in [1.807, 2.05) is 6.08 Å². The second kappa shape index (κ2) is 2.67. The first kappa shape index (κ1) is 5.56. The van der Waals surface area contributed by atoms with Crippen molar-refractivity contribution in [3.8, 4) is 0 Å². The smallest absolute Gasteiger partial charge is 0.200 e. The minimum Gasteiger partial charge on any atom is -0.349 e. The summed E-state index contributed by atoms with van der Waals surface area (Å²) in [6.45, 7) is 0. The maximum atomic E-state index is 4.69. The van der Waals surface area contributed by atoms with Gasteiger partial charge < -0.3 is 4.84 Å². The van der Waals surface area contributed by atoms with E-state index in [0.29, 0.717) is 4.67 Å². The van der Waals surface area contributed by atoms with Crippen LogP contribution in [0.25, 0.3) is 0 Å². The van der Waals surface area contributed by atoms with Gasteiger partial charge in [-0.05, 0) is 28.1 Å². The van der Waals surface area contributed by atoms with Crippen LogP contribution in [-0.4, -0.2) is 6.21 Å². The average Bonchev–Trinajstić information content (AvgIpc) is 1.94. The van der Waals surface area contributed by atoms with Crippen LogP contribution in [-0.2, 0) is 4.84 Å². The highest BCUT2D eigenvalue weighted by Gasteiger charge is 1.87. The van der Waals surface area contributed by atoms with Crippen molar-refractivity contribution >= 4 is 22.1 Å². The van der Waals surface area contributed by atoms with Crippen LogP contribution in [0, 0.1) is 0 Å². The molecule has 0 N–H and O–H groups in total. The molecule has 0 radical (unpaired) electrons. The van der Waals surface area contributed by atoms with Gasteiger partial charge in [-0.25, -0.2) is 0 Å². The summed E-state index contributed by atoms with van der Waals surface area (Å²) in [4.78, 5) is 4.69. The van der Waals surface area contributed by atoms with Gasteiger partial charge in [0, 0.05) is 0 Å². The molecular weight excluding hydrogens is 170 g/mol. The second-order valence-corrected chi connectivity index (χ2v) is 1.98. The van der Waals surface area contributed by atoms with Crippen molar-refractivity contribution in [1.29, 1.82) is 0 Å². The number of rotatable bonds is 0. The Morgan fingerprint density at radius 3 is 3.25 bits per heavy atom. The highest BCUT2D eigenvalue weighted by Crippen LogP contribution is 2.07. The molecule has 2 nitrogen and oxygen atoms in total. The molecule has 3 heteroatoms. The summed E-state index contributed by atoms with van der Waals surface area (Å²) in [5, 5.41) is 3.52. The summed E-state index contributed by atoms with van der Waals surface area (Å²) in [5.74, 6) is 0. The Morgan fingerprint density at radius 1 is 1.50 bits per heavy atom. The Kier molecular flexibility index (Phi) is 1.86. The molecule has 0 saturated carbocycles. The predicted octanol–water partition coefficient (Wildman–Crippen LogP) is 1.79. The average molecular weight is 174 g/mol. The Morgan fingerprint density at radius 2 is 2.38 bits per heavy atom. The number of hydrogen-bond donors (Lipinski definition) is 0. The van der Waals surface area contributed by atoms with E-state index < -0.39 is 0 Å². The SMILES string of the molecule is BrC1=CC=CC=NO1. The third kappa shape index (κ3) is 1.50. The summed E-state index contributed by atoms with van der Waals surface area (Å²) < 4.78 is 0.627. The zero-order valence-electron chi connectivity index (χ0n) is 4.04. The van der Waals surface area contributed by atoms with Crippen LogP contribution in [0.2, 0.25) is 0 Å². The molecule has 0 aromatic heterocycles. The molecule has 0 amide bonds. The summed E-state index contributed by atoms with van der Waals surface area (Å²) in [7, 11) is 0. The fraction of sp³-hybridized carbons (Fsp3) is 0. The topological polar surface area (TPSA) is 21.6 Å². The maximum Gasteiger partial charge on any atom is 0.200 e. The van der Waals surface area contributed by atoms with E-state index in [4.69, 9.17) is 0 Å². The molecule has 0 fully saturated rings. The fourth-order valence-electron chi connectivity index (χ4n) is 0.327. The van der Waals surface area contributed by atoms with Crippen LogP contribution < -0.4 is 0 Å². The van der Waals surface area contributed by atoms with Crippen molar-refractivity contribution in [2.45, 2.75) is 0 Å². The molecule has 0 unspecified atom stereocenters. The monoisotopic (exact) mass is 173 g/mol. The van der Waals surface area contributed by atoms with E-state index in [1.54, 1.807) is 18.4 Å². The van der Waals surface area contributed by atoms with Gasteiger partial charge in [0.1, 0.15) is 0 Å². The van der Waals surface area contributed by atoms with E-state index in [2.05, 4.69) is 25.9 Å². The molecule has 1 heterocycles. The van der Waals surface area contributed by atoms with E-state index in [-0.39, 0.29) is 0 Å². The van der Waals surface area contributed by atoms with Gasteiger partial charge in [-0.3, -0.25) is 0 Å². The predicted molar refractivity (Wildman–Crippen MR) is 35.7 cm³/mol. The van der Waals surface area contributed by atoms with Gasteiger partial charge in [0.25, 0.3) is 0 Å². The molecule has 1 rings (SSSR count). The van der Waals surface area contributed by atoms with Crippen molar-refractivity contribution < 1.29 is 4.84 Å². The number of halogens is 1. The lowest BCUT2D eigenvalue weighted by molar-refractivity contribution is 0.262. The lowest BCUT2D eigenvalue weighted by atomic mass is 10.5. The lowest BCUT2D eigenvalue weighted by Crippen LogP contribution is -1.69. The van der Waals surface area contributed by atoms with Crippen molar-refractivity contribution in [2.75, 3.05) is 0 Å². The molecule has 1 aliphatic rings. The van der Waals surface area contributed by atoms with Gasteiger partial charge in [0.05, 0.1) is 6.21 Å². The maximum absolute atomic E-state index is 4.69. The Bertz CT molecular complexity index is 160. The Labute approximate surface area is 55.6 Å². The summed E-state index contributed by atoms with van der Waals surface area (Å²) in [6.07, 6.45) is 6.96. The first-order valence-electron chi connectivity index (χ1n) is 2.12. The molecule has 0 aliphatic carbocycles. The fourth-order valence-corrected chi connectivity index (χ4v) is 0.563. The summed E-state index contributed by atoms with van der Waals surface area (Å²) in [6, 6.07) is 0. The molecule has 0 aromatic carbocycles. The standard InChI is InChI=1S/C5H4BrNO/c6-5-3-1-2-4-7-8-5/h1-4H. The molecule has 1 aliphatic heterocycles. The van der Waals surface area contributed by atoms with Crippen LogP contribution in [0.3, 0.4) is 0 Å². The van der Waals surface area contributed by atoms with Crippen molar-refractivity contribution in [3.05, 3.63) is 22.9 Å². The highest BCUT2D eigenvalue weighted by molar-refractivity contribution is 9.11. The van der Waals surface area contributed by atoms with Crippen molar-refractivity contribution in [2.24, 2.45) is 5.16 Å². The van der Waals surface area contributed by atoms with Gasteiger partial charge in [0.15, 0.2) is 4.67 Å². The Balaban J connectivity index is 2.69. The summed E-state index contributed by atoms with van der Waals surface area (Å²) in [5.41, 5.74) is 0. The van der Waals surface area contributed by atoms with E-state index in [1.165, 1.54) is 0 Å². The molecule has 0 atom stereocenters. The van der Waals surface area contributed by atoms with Crippen molar-refractivity contribution in [3.63, 3.8) is 0 Å². The third-order valence-corrected chi connectivity index (χ3v) is 1.03. The number of nitrogens with zero attached hydrogens (tertiary/aromatic N) is 1. The number of hydrogen-bond acceptors (Lipinski definition) is 2. The van der Waals surface area contributed by atoms with Gasteiger partial charge >= 0.3 is 0 Å². The molecular formula is C5H4BrNO. The molecule has 8 heavy (non-hydrogen) atoms. The number of allylic oxidation sites excluding steroid dienone is 3. The quantitative estimate of drug-likeness (QED) is 0.548. The summed E-state index contributed by atoms with van der Waals surface area (Å²) >= 11 is 3.11. The third-order valence-electron chi connectivity index (χ3n) is 0.625. The molecule has 0 bridgehead atoms. The molecule has 0 saturated heterocycles. The van der Waals surface area contributed by atoms with Crippen molar-refractivity contribution in [1.82, 2.24) is 0 Å². The zero-order valence-corrected chi connectivity index (χ0v) is 5.63. The minimum absolute atomic E-state index is 0.627. The second-order valence-electron chi connectivity index (χ2n) is 1.20. The normalized spacial score (nSPS) is 16.9. The zero-order chi connectivity index (χ0) is 5.82. The van der Waals surface area contributed by atoms with Crippen LogP contribution in [0.5, 0.6) is 0 Å². The van der Waals surface area contributed by atoms with Gasteiger partial charge in [0.2, 0.25) is 0 Å².